The van der Waals surface area contributed by atoms with Gasteiger partial charge < -0.3 is 25.6 Å². The molecular weight excluding hydrogens is 575 g/mol. The van der Waals surface area contributed by atoms with E-state index in [1.807, 2.05) is 0 Å². The summed E-state index contributed by atoms with van der Waals surface area (Å²) in [4.78, 5) is 31.6. The van der Waals surface area contributed by atoms with E-state index in [0.29, 0.717) is 34.6 Å². The Labute approximate surface area is 244 Å². The maximum Gasteiger partial charge on any atom is 0.417 e. The van der Waals surface area contributed by atoms with Crippen LogP contribution >= 0.6 is 11.6 Å². The van der Waals surface area contributed by atoms with Crippen LogP contribution in [-0.2, 0) is 6.18 Å². The molecule has 0 aliphatic heterocycles. The van der Waals surface area contributed by atoms with Crippen LogP contribution in [0, 0.1) is 6.92 Å². The Morgan fingerprint density at radius 1 is 1.05 bits per heavy atom. The lowest BCUT2D eigenvalue weighted by Gasteiger charge is -2.17. The molecule has 0 radical (unpaired) electrons. The van der Waals surface area contributed by atoms with Crippen LogP contribution in [-0.4, -0.2) is 57.6 Å². The molecule has 14 heteroatoms. The van der Waals surface area contributed by atoms with Crippen LogP contribution < -0.4 is 20.7 Å². The van der Waals surface area contributed by atoms with Crippen LogP contribution in [0.2, 0.25) is 5.02 Å². The van der Waals surface area contributed by atoms with Gasteiger partial charge in [0.15, 0.2) is 0 Å². The van der Waals surface area contributed by atoms with Crippen molar-refractivity contribution in [2.45, 2.75) is 26.9 Å². The number of hydrogen-bond acceptors (Lipinski definition) is 6. The number of benzene rings is 2. The molecule has 0 saturated carbocycles. The van der Waals surface area contributed by atoms with Gasteiger partial charge in [0, 0.05) is 30.7 Å². The molecule has 0 unspecified atom stereocenters. The average Bonchev–Trinajstić information content (AvgIpc) is 3.30. The Balaban J connectivity index is 1.41. The van der Waals surface area contributed by atoms with E-state index in [2.05, 4.69) is 44.8 Å². The Morgan fingerprint density at radius 2 is 1.71 bits per heavy atom. The van der Waals surface area contributed by atoms with E-state index in [1.54, 1.807) is 37.4 Å². The van der Waals surface area contributed by atoms with Crippen LogP contribution in [0.15, 0.2) is 55.0 Å². The van der Waals surface area contributed by atoms with Crippen molar-refractivity contribution in [1.82, 2.24) is 24.8 Å². The first-order valence-electron chi connectivity index (χ1n) is 13.1. The van der Waals surface area contributed by atoms with Gasteiger partial charge in [-0.15, -0.1) is 0 Å². The maximum atomic E-state index is 13.1. The minimum Gasteiger partial charge on any atom is -0.437 e. The van der Waals surface area contributed by atoms with E-state index in [0.717, 1.165) is 31.8 Å². The molecule has 3 amide bonds. The predicted octanol–water partition coefficient (Wildman–Crippen LogP) is 6.22. The first-order chi connectivity index (χ1) is 20.0. The molecule has 0 spiro atoms. The van der Waals surface area contributed by atoms with Crippen molar-refractivity contribution in [3.05, 3.63) is 76.7 Å². The Hall–Kier alpha value is -4.36. The summed E-state index contributed by atoms with van der Waals surface area (Å²) in [6.45, 7) is 8.97. The number of likely N-dealkylation sites (N-methyl/N-ethyl adjacent to an activating group) is 1. The molecule has 4 aromatic rings. The number of rotatable bonds is 10. The second-order valence-corrected chi connectivity index (χ2v) is 9.61. The summed E-state index contributed by atoms with van der Waals surface area (Å²) in [5.74, 6) is 0.393. The van der Waals surface area contributed by atoms with E-state index in [1.165, 1.54) is 16.9 Å². The third-order valence-electron chi connectivity index (χ3n) is 6.50. The molecule has 0 bridgehead atoms. The second-order valence-electron chi connectivity index (χ2n) is 9.21. The molecule has 0 aliphatic carbocycles. The third-order valence-corrected chi connectivity index (χ3v) is 6.83. The quantitative estimate of drug-likeness (QED) is 0.198. The normalized spacial score (nSPS) is 11.5. The standard InChI is InChI=1S/C28H29ClF3N7O3/c1-4-38(5-2)13-12-33-25(40)21-15-39-24(17(21)3)26(34-16-35-39)42-20-9-6-18(7-10-20)36-27(41)37-19-8-11-23(29)22(14-19)28(30,31)32/h6-11,14-16H,4-5,12-13H2,1-3H3,(H,33,40)(H2,36,37,41). The molecule has 2 aromatic carbocycles. The molecule has 0 aliphatic rings. The van der Waals surface area contributed by atoms with E-state index in [-0.39, 0.29) is 17.5 Å². The minimum atomic E-state index is -4.66. The van der Waals surface area contributed by atoms with Gasteiger partial charge in [-0.1, -0.05) is 25.4 Å². The van der Waals surface area contributed by atoms with Crippen molar-refractivity contribution >= 4 is 40.4 Å². The highest BCUT2D eigenvalue weighted by Crippen LogP contribution is 2.36. The van der Waals surface area contributed by atoms with Crippen LogP contribution in [0.3, 0.4) is 0 Å². The monoisotopic (exact) mass is 603 g/mol. The van der Waals surface area contributed by atoms with Crippen molar-refractivity contribution in [2.75, 3.05) is 36.8 Å². The van der Waals surface area contributed by atoms with Crippen LogP contribution in [0.25, 0.3) is 5.52 Å². The molecule has 0 saturated heterocycles. The Morgan fingerprint density at radius 3 is 2.38 bits per heavy atom. The number of carbonyl (C=O) groups excluding carboxylic acids is 2. The summed E-state index contributed by atoms with van der Waals surface area (Å²) < 4.78 is 46.8. The number of nitrogens with one attached hydrogen (secondary N) is 3. The summed E-state index contributed by atoms with van der Waals surface area (Å²) in [6.07, 6.45) is -1.73. The molecule has 0 fully saturated rings. The van der Waals surface area contributed by atoms with E-state index >= 15 is 0 Å². The highest BCUT2D eigenvalue weighted by atomic mass is 35.5. The van der Waals surface area contributed by atoms with Gasteiger partial charge in [0.2, 0.25) is 5.88 Å². The van der Waals surface area contributed by atoms with Gasteiger partial charge in [-0.25, -0.2) is 9.31 Å². The third kappa shape index (κ3) is 7.28. The number of aromatic nitrogens is 3. The predicted molar refractivity (Wildman–Crippen MR) is 153 cm³/mol. The summed E-state index contributed by atoms with van der Waals surface area (Å²) >= 11 is 5.62. The second kappa shape index (κ2) is 13.1. The number of ether oxygens (including phenoxy) is 1. The van der Waals surface area contributed by atoms with Crippen LogP contribution in [0.1, 0.15) is 35.3 Å². The highest BCUT2D eigenvalue weighted by Gasteiger charge is 2.33. The van der Waals surface area contributed by atoms with Gasteiger partial charge in [-0.3, -0.25) is 4.79 Å². The first-order valence-corrected chi connectivity index (χ1v) is 13.4. The lowest BCUT2D eigenvalue weighted by atomic mass is 10.2. The molecule has 4 rings (SSSR count). The number of fused-ring (bicyclic) bond motifs is 1. The Bertz CT molecular complexity index is 1570. The highest BCUT2D eigenvalue weighted by molar-refractivity contribution is 6.31. The lowest BCUT2D eigenvalue weighted by molar-refractivity contribution is -0.137. The average molecular weight is 604 g/mol. The summed E-state index contributed by atoms with van der Waals surface area (Å²) in [6, 6.07) is 8.60. The summed E-state index contributed by atoms with van der Waals surface area (Å²) in [5.41, 5.74) is 0.861. The number of halogens is 4. The SMILES string of the molecule is CCN(CC)CCNC(=O)c1cn2ncnc(Oc3ccc(NC(=O)Nc4ccc(Cl)c(C(F)(F)F)c4)cc3)c2c1C. The van der Waals surface area contributed by atoms with Crippen LogP contribution in [0.5, 0.6) is 11.6 Å². The number of alkyl halides is 3. The Kier molecular flexibility index (Phi) is 9.53. The fraction of sp³-hybridized carbons (Fsp3) is 0.286. The zero-order valence-corrected chi connectivity index (χ0v) is 23.8. The number of carbonyl (C=O) groups is 2. The largest absolute Gasteiger partial charge is 0.437 e. The number of nitrogens with zero attached hydrogens (tertiary/aromatic N) is 4. The number of hydrogen-bond donors (Lipinski definition) is 3. The molecule has 10 nitrogen and oxygen atoms in total. The lowest BCUT2D eigenvalue weighted by Crippen LogP contribution is -2.34. The number of urea groups is 1. The molecule has 2 aromatic heterocycles. The minimum absolute atomic E-state index is 0.0727. The maximum absolute atomic E-state index is 13.1. The fourth-order valence-electron chi connectivity index (χ4n) is 4.23. The molecule has 222 valence electrons. The van der Waals surface area contributed by atoms with Gasteiger partial charge in [-0.05, 0) is 68.0 Å². The van der Waals surface area contributed by atoms with E-state index in [9.17, 15) is 22.8 Å². The smallest absolute Gasteiger partial charge is 0.417 e. The van der Waals surface area contributed by atoms with Crippen LogP contribution in [0.4, 0.5) is 29.3 Å². The van der Waals surface area contributed by atoms with Crippen molar-refractivity contribution in [3.63, 3.8) is 0 Å². The van der Waals surface area contributed by atoms with Gasteiger partial charge in [0.25, 0.3) is 5.91 Å². The van der Waals surface area contributed by atoms with Gasteiger partial charge in [0.1, 0.15) is 17.6 Å². The van der Waals surface area contributed by atoms with Crippen molar-refractivity contribution < 1.29 is 27.5 Å². The van der Waals surface area contributed by atoms with E-state index in [4.69, 9.17) is 16.3 Å². The number of aryl methyl sites for hydroxylation is 1. The molecule has 42 heavy (non-hydrogen) atoms. The molecule has 2 heterocycles. The van der Waals surface area contributed by atoms with Crippen molar-refractivity contribution in [3.8, 4) is 11.6 Å². The zero-order chi connectivity index (χ0) is 30.4. The molecule has 0 atom stereocenters. The summed E-state index contributed by atoms with van der Waals surface area (Å²) in [7, 11) is 0. The molecular formula is C28H29ClF3N7O3. The molecule has 3 N–H and O–H groups in total. The number of anilines is 2. The summed E-state index contributed by atoms with van der Waals surface area (Å²) in [5, 5.41) is 11.6. The van der Waals surface area contributed by atoms with E-state index < -0.39 is 22.8 Å². The topological polar surface area (TPSA) is 113 Å². The van der Waals surface area contributed by atoms with Gasteiger partial charge in [-0.2, -0.15) is 23.3 Å². The van der Waals surface area contributed by atoms with Crippen molar-refractivity contribution in [2.24, 2.45) is 0 Å². The van der Waals surface area contributed by atoms with Gasteiger partial charge in [0.05, 0.1) is 16.1 Å². The number of amides is 3. The van der Waals surface area contributed by atoms with Gasteiger partial charge >= 0.3 is 12.2 Å². The fourth-order valence-corrected chi connectivity index (χ4v) is 4.45. The van der Waals surface area contributed by atoms with Crippen molar-refractivity contribution in [1.29, 1.82) is 0 Å². The zero-order valence-electron chi connectivity index (χ0n) is 23.1. The first kappa shape index (κ1) is 30.6.